The molecule has 98 valence electrons. The fourth-order valence-corrected chi connectivity index (χ4v) is 3.15. The summed E-state index contributed by atoms with van der Waals surface area (Å²) in [6, 6.07) is 0.494. The number of aromatic nitrogens is 2. The van der Waals surface area contributed by atoms with Crippen molar-refractivity contribution >= 4 is 40.0 Å². The zero-order chi connectivity index (χ0) is 12.7. The highest BCUT2D eigenvalue weighted by Gasteiger charge is 2.37. The molecule has 0 bridgehead atoms. The zero-order valence-electron chi connectivity index (χ0n) is 9.90. The van der Waals surface area contributed by atoms with Gasteiger partial charge in [-0.3, -0.25) is 0 Å². The molecule has 1 fully saturated rings. The molecule has 1 aromatic rings. The number of alkyl halides is 1. The van der Waals surface area contributed by atoms with Crippen LogP contribution in [0.15, 0.2) is 0 Å². The molecule has 5 nitrogen and oxygen atoms in total. The van der Waals surface area contributed by atoms with Gasteiger partial charge in [0.15, 0.2) is 11.6 Å². The largest absolute Gasteiger partial charge is 0.486 e. The Morgan fingerprint density at radius 3 is 3.00 bits per heavy atom. The van der Waals surface area contributed by atoms with Crippen LogP contribution in [-0.4, -0.2) is 41.9 Å². The van der Waals surface area contributed by atoms with E-state index >= 15 is 0 Å². The van der Waals surface area contributed by atoms with E-state index < -0.39 is 0 Å². The van der Waals surface area contributed by atoms with Crippen molar-refractivity contribution in [3.63, 3.8) is 0 Å². The van der Waals surface area contributed by atoms with E-state index in [4.69, 9.17) is 21.1 Å². The summed E-state index contributed by atoms with van der Waals surface area (Å²) >= 11 is 8.26. The lowest BCUT2D eigenvalue weighted by atomic mass is 10.1. The Hall–Kier alpha value is -0.340. The molecule has 0 aliphatic carbocycles. The van der Waals surface area contributed by atoms with E-state index in [1.165, 1.54) is 0 Å². The van der Waals surface area contributed by atoms with Crippen molar-refractivity contribution in [2.45, 2.75) is 23.4 Å². The average Bonchev–Trinajstić information content (AvgIpc) is 2.37. The maximum atomic E-state index is 6.00. The number of anilines is 1. The Morgan fingerprint density at radius 1 is 1.39 bits per heavy atom. The molecule has 2 aliphatic rings. The van der Waals surface area contributed by atoms with Crippen molar-refractivity contribution in [3.8, 4) is 5.75 Å². The molecule has 1 aromatic heterocycles. The molecule has 1 saturated heterocycles. The minimum absolute atomic E-state index is 0.217. The summed E-state index contributed by atoms with van der Waals surface area (Å²) in [5, 5.41) is 0.281. The van der Waals surface area contributed by atoms with Crippen molar-refractivity contribution in [2.75, 3.05) is 24.7 Å². The smallest absolute Gasteiger partial charge is 0.224 e. The average molecular weight is 382 g/mol. The van der Waals surface area contributed by atoms with Crippen LogP contribution in [-0.2, 0) is 9.16 Å². The summed E-state index contributed by atoms with van der Waals surface area (Å²) in [6.07, 6.45) is 0. The SMILES string of the molecule is C[C@@H]1COC[C@H]2COc3c(CI)nc(Cl)nc3N21. The summed E-state index contributed by atoms with van der Waals surface area (Å²) < 4.78 is 12.1. The molecule has 0 aromatic carbocycles. The molecule has 0 saturated carbocycles. The van der Waals surface area contributed by atoms with Gasteiger partial charge in [0.1, 0.15) is 6.61 Å². The molecule has 0 spiro atoms. The van der Waals surface area contributed by atoms with E-state index in [9.17, 15) is 0 Å². The maximum Gasteiger partial charge on any atom is 0.224 e. The molecule has 0 unspecified atom stereocenters. The predicted octanol–water partition coefficient (Wildman–Crippen LogP) is 2.05. The third-order valence-corrected chi connectivity index (χ3v) is 4.11. The highest BCUT2D eigenvalue weighted by atomic mass is 127. The quantitative estimate of drug-likeness (QED) is 0.423. The molecule has 7 heteroatoms. The Bertz CT molecular complexity index is 474. The van der Waals surface area contributed by atoms with Crippen molar-refractivity contribution in [1.82, 2.24) is 9.97 Å². The Labute approximate surface area is 124 Å². The number of morpholine rings is 1. The third-order valence-electron chi connectivity index (χ3n) is 3.22. The molecule has 0 amide bonds. The third kappa shape index (κ3) is 2.04. The molecule has 3 rings (SSSR count). The number of halogens is 2. The van der Waals surface area contributed by atoms with Gasteiger partial charge >= 0.3 is 0 Å². The second-order valence-corrected chi connectivity index (χ2v) is 5.59. The number of fused-ring (bicyclic) bond motifs is 3. The van der Waals surface area contributed by atoms with Crippen LogP contribution in [0.2, 0.25) is 5.28 Å². The molecule has 0 N–H and O–H groups in total. The Morgan fingerprint density at radius 2 is 2.22 bits per heavy atom. The summed E-state index contributed by atoms with van der Waals surface area (Å²) in [6.45, 7) is 4.12. The molecular formula is C11H13ClIN3O2. The maximum absolute atomic E-state index is 6.00. The van der Waals surface area contributed by atoms with Crippen molar-refractivity contribution in [1.29, 1.82) is 0 Å². The van der Waals surface area contributed by atoms with Gasteiger partial charge in [0.25, 0.3) is 0 Å². The standard InChI is InChI=1S/C11H13ClIN3O2/c1-6-3-17-4-7-5-18-9-8(2-13)14-11(12)15-10(9)16(6)7/h6-7H,2-5H2,1H3/t6-,7+/m1/s1. The number of hydrogen-bond acceptors (Lipinski definition) is 5. The Kier molecular flexibility index (Phi) is 3.50. The summed E-state index contributed by atoms with van der Waals surface area (Å²) in [7, 11) is 0. The monoisotopic (exact) mass is 381 g/mol. The van der Waals surface area contributed by atoms with E-state index in [1.54, 1.807) is 0 Å². The van der Waals surface area contributed by atoms with E-state index in [0.29, 0.717) is 19.8 Å². The van der Waals surface area contributed by atoms with E-state index in [0.717, 1.165) is 21.7 Å². The summed E-state index contributed by atoms with van der Waals surface area (Å²) in [5.74, 6) is 1.59. The fraction of sp³-hybridized carbons (Fsp3) is 0.636. The van der Waals surface area contributed by atoms with Crippen LogP contribution in [0.5, 0.6) is 5.75 Å². The zero-order valence-corrected chi connectivity index (χ0v) is 12.8. The normalized spacial score (nSPS) is 26.3. The van der Waals surface area contributed by atoms with Crippen LogP contribution >= 0.6 is 34.2 Å². The van der Waals surface area contributed by atoms with Gasteiger partial charge in [0, 0.05) is 4.43 Å². The molecule has 0 radical (unpaired) electrons. The second-order valence-electron chi connectivity index (χ2n) is 4.48. The second kappa shape index (κ2) is 4.97. The van der Waals surface area contributed by atoms with Gasteiger partial charge in [0.05, 0.1) is 31.0 Å². The number of rotatable bonds is 1. The van der Waals surface area contributed by atoms with Gasteiger partial charge in [-0.2, -0.15) is 4.98 Å². The number of ether oxygens (including phenoxy) is 2. The van der Waals surface area contributed by atoms with Crippen LogP contribution in [0.1, 0.15) is 12.6 Å². The first kappa shape index (κ1) is 12.7. The molecule has 3 heterocycles. The highest BCUT2D eigenvalue weighted by Crippen LogP contribution is 2.38. The van der Waals surface area contributed by atoms with Crippen LogP contribution in [0, 0.1) is 0 Å². The highest BCUT2D eigenvalue weighted by molar-refractivity contribution is 14.1. The molecule has 2 aliphatic heterocycles. The number of nitrogens with zero attached hydrogens (tertiary/aromatic N) is 3. The van der Waals surface area contributed by atoms with Gasteiger partial charge in [0.2, 0.25) is 5.28 Å². The van der Waals surface area contributed by atoms with Crippen molar-refractivity contribution in [3.05, 3.63) is 11.0 Å². The fourth-order valence-electron chi connectivity index (χ4n) is 2.45. The van der Waals surface area contributed by atoms with Gasteiger partial charge in [-0.05, 0) is 18.5 Å². The lowest BCUT2D eigenvalue weighted by Crippen LogP contribution is -2.56. The van der Waals surface area contributed by atoms with E-state index in [2.05, 4.69) is 44.4 Å². The first-order chi connectivity index (χ1) is 8.70. The minimum atomic E-state index is 0.217. The van der Waals surface area contributed by atoms with Crippen LogP contribution in [0.4, 0.5) is 5.82 Å². The number of hydrogen-bond donors (Lipinski definition) is 0. The Balaban J connectivity index is 2.09. The van der Waals surface area contributed by atoms with Crippen molar-refractivity contribution in [2.24, 2.45) is 0 Å². The van der Waals surface area contributed by atoms with Crippen LogP contribution in [0.25, 0.3) is 0 Å². The first-order valence-corrected chi connectivity index (χ1v) is 7.72. The summed E-state index contributed by atoms with van der Waals surface area (Å²) in [4.78, 5) is 10.8. The topological polar surface area (TPSA) is 47.5 Å². The van der Waals surface area contributed by atoms with Gasteiger partial charge in [-0.1, -0.05) is 22.6 Å². The van der Waals surface area contributed by atoms with Crippen LogP contribution in [0.3, 0.4) is 0 Å². The minimum Gasteiger partial charge on any atom is -0.486 e. The van der Waals surface area contributed by atoms with Crippen LogP contribution < -0.4 is 9.64 Å². The molecule has 18 heavy (non-hydrogen) atoms. The molecule has 2 atom stereocenters. The van der Waals surface area contributed by atoms with E-state index in [-0.39, 0.29) is 17.4 Å². The lowest BCUT2D eigenvalue weighted by Gasteiger charge is -2.44. The van der Waals surface area contributed by atoms with Gasteiger partial charge < -0.3 is 14.4 Å². The first-order valence-electron chi connectivity index (χ1n) is 5.82. The summed E-state index contributed by atoms with van der Waals surface area (Å²) in [5.41, 5.74) is 0.864. The van der Waals surface area contributed by atoms with Crippen molar-refractivity contribution < 1.29 is 9.47 Å². The molecular weight excluding hydrogens is 368 g/mol. The predicted molar refractivity (Wildman–Crippen MR) is 76.8 cm³/mol. The van der Waals surface area contributed by atoms with E-state index in [1.807, 2.05) is 0 Å². The lowest BCUT2D eigenvalue weighted by molar-refractivity contribution is 0.0484. The van der Waals surface area contributed by atoms with Gasteiger partial charge in [-0.15, -0.1) is 0 Å². The van der Waals surface area contributed by atoms with Gasteiger partial charge in [-0.25, -0.2) is 4.98 Å².